The molecule has 10 nitrogen and oxygen atoms in total. The Morgan fingerprint density at radius 3 is 2.34 bits per heavy atom. The van der Waals surface area contributed by atoms with Gasteiger partial charge in [0.2, 0.25) is 5.91 Å². The number of carbonyl (C=O) groups excluding carboxylic acids is 1. The van der Waals surface area contributed by atoms with Gasteiger partial charge in [0, 0.05) is 43.0 Å². The summed E-state index contributed by atoms with van der Waals surface area (Å²) in [6, 6.07) is 5.81. The number of aromatic amines is 1. The van der Waals surface area contributed by atoms with E-state index >= 15 is 0 Å². The number of imidazole rings is 1. The number of benzene rings is 1. The van der Waals surface area contributed by atoms with E-state index in [0.717, 1.165) is 62.3 Å². The summed E-state index contributed by atoms with van der Waals surface area (Å²) < 4.78 is 60.9. The zero-order valence-electron chi connectivity index (χ0n) is 20.6. The number of fused-ring (bicyclic) bond motifs is 1. The van der Waals surface area contributed by atoms with Gasteiger partial charge in [-0.1, -0.05) is 0 Å². The Morgan fingerprint density at radius 1 is 0.974 bits per heavy atom. The van der Waals surface area contributed by atoms with Crippen LogP contribution in [-0.2, 0) is 19.7 Å². The van der Waals surface area contributed by atoms with Crippen LogP contribution in [-0.4, -0.2) is 71.5 Å². The Labute approximate surface area is 218 Å². The summed E-state index contributed by atoms with van der Waals surface area (Å²) in [7, 11) is -3.69. The summed E-state index contributed by atoms with van der Waals surface area (Å²) in [5.74, 6) is -0.986. The second-order valence-corrected chi connectivity index (χ2v) is 11.7. The van der Waals surface area contributed by atoms with E-state index in [2.05, 4.69) is 19.9 Å². The molecule has 3 aliphatic rings. The standard InChI is InChI=1S/C25H28F2N6O4S/c26-19-11-21-22(12-20(19)27)30-25(29-21)15-1-6-23(28-13-15)32-9-7-18(8-10-32)37-17-4-2-16(3-5-17)33-14-24(34)31-38(33,35)36/h1,6,11-13,16-18H,2-5,7-10,14H2,(H,29,30)(H,31,34)/t16-,17-. The summed E-state index contributed by atoms with van der Waals surface area (Å²) in [5.41, 5.74) is 1.50. The van der Waals surface area contributed by atoms with E-state index in [1.165, 1.54) is 4.31 Å². The van der Waals surface area contributed by atoms with Crippen LogP contribution in [0.2, 0.25) is 0 Å². The highest BCUT2D eigenvalue weighted by molar-refractivity contribution is 7.88. The first-order valence-electron chi connectivity index (χ1n) is 12.8. The smallest absolute Gasteiger partial charge is 0.304 e. The molecule has 202 valence electrons. The van der Waals surface area contributed by atoms with Crippen LogP contribution in [0.3, 0.4) is 0 Å². The predicted molar refractivity (Wildman–Crippen MR) is 135 cm³/mol. The number of aromatic nitrogens is 3. The minimum atomic E-state index is -3.69. The molecule has 13 heteroatoms. The first-order valence-corrected chi connectivity index (χ1v) is 14.2. The van der Waals surface area contributed by atoms with Gasteiger partial charge in [0.1, 0.15) is 11.6 Å². The second-order valence-electron chi connectivity index (χ2n) is 10.1. The van der Waals surface area contributed by atoms with Crippen LogP contribution in [0.5, 0.6) is 0 Å². The lowest BCUT2D eigenvalue weighted by Gasteiger charge is -2.37. The highest BCUT2D eigenvalue weighted by Gasteiger charge is 2.40. The molecule has 0 spiro atoms. The SMILES string of the molecule is O=C1CN([C@H]2CC[C@H](OC3CCN(c4ccc(-c5nc6cc(F)c(F)cc6[nH]5)cn4)CC3)CC2)S(=O)(=O)N1. The molecule has 2 aliphatic heterocycles. The molecule has 3 fully saturated rings. The Morgan fingerprint density at radius 2 is 1.68 bits per heavy atom. The van der Waals surface area contributed by atoms with Crippen molar-refractivity contribution in [3.8, 4) is 11.4 Å². The topological polar surface area (TPSA) is 121 Å². The third-order valence-electron chi connectivity index (χ3n) is 7.60. The number of piperidine rings is 1. The van der Waals surface area contributed by atoms with Gasteiger partial charge in [-0.3, -0.25) is 4.79 Å². The number of H-pyrrole nitrogens is 1. The number of rotatable bonds is 5. The fraction of sp³-hybridized carbons (Fsp3) is 0.480. The average Bonchev–Trinajstić information content (AvgIpc) is 3.43. The van der Waals surface area contributed by atoms with Gasteiger partial charge in [-0.05, 0) is 50.7 Å². The molecular formula is C25H28F2N6O4S. The fourth-order valence-corrected chi connectivity index (χ4v) is 6.96. The maximum Gasteiger partial charge on any atom is 0.304 e. The molecule has 2 saturated heterocycles. The fourth-order valence-electron chi connectivity index (χ4n) is 5.60. The van der Waals surface area contributed by atoms with E-state index < -0.39 is 27.8 Å². The average molecular weight is 547 g/mol. The highest BCUT2D eigenvalue weighted by Crippen LogP contribution is 2.31. The van der Waals surface area contributed by atoms with Crippen molar-refractivity contribution in [2.45, 2.75) is 56.8 Å². The van der Waals surface area contributed by atoms with Gasteiger partial charge in [-0.2, -0.15) is 12.7 Å². The van der Waals surface area contributed by atoms with E-state index in [4.69, 9.17) is 4.74 Å². The summed E-state index contributed by atoms with van der Waals surface area (Å²) in [5, 5.41) is 0. The summed E-state index contributed by atoms with van der Waals surface area (Å²) in [4.78, 5) is 25.7. The van der Waals surface area contributed by atoms with Crippen LogP contribution in [0, 0.1) is 11.6 Å². The van der Waals surface area contributed by atoms with E-state index in [-0.39, 0.29) is 24.8 Å². The molecule has 38 heavy (non-hydrogen) atoms. The van der Waals surface area contributed by atoms with Crippen LogP contribution in [0.25, 0.3) is 22.4 Å². The number of nitrogens with zero attached hydrogens (tertiary/aromatic N) is 4. The van der Waals surface area contributed by atoms with Crippen LogP contribution >= 0.6 is 0 Å². The van der Waals surface area contributed by atoms with Crippen molar-refractivity contribution >= 4 is 33.0 Å². The largest absolute Gasteiger partial charge is 0.375 e. The third kappa shape index (κ3) is 4.97. The lowest BCUT2D eigenvalue weighted by Crippen LogP contribution is -2.43. The van der Waals surface area contributed by atoms with Crippen molar-refractivity contribution in [2.24, 2.45) is 0 Å². The minimum Gasteiger partial charge on any atom is -0.375 e. The van der Waals surface area contributed by atoms with Crippen molar-refractivity contribution in [1.29, 1.82) is 0 Å². The highest BCUT2D eigenvalue weighted by atomic mass is 32.2. The first-order chi connectivity index (χ1) is 18.2. The Hall–Kier alpha value is -3.16. The van der Waals surface area contributed by atoms with Crippen molar-refractivity contribution in [3.63, 3.8) is 0 Å². The number of halogens is 2. The number of anilines is 1. The number of ether oxygens (including phenoxy) is 1. The van der Waals surface area contributed by atoms with E-state index in [1.807, 2.05) is 16.9 Å². The molecule has 0 radical (unpaired) electrons. The molecule has 0 atom stereocenters. The second kappa shape index (κ2) is 9.86. The summed E-state index contributed by atoms with van der Waals surface area (Å²) >= 11 is 0. The molecule has 0 bridgehead atoms. The van der Waals surface area contributed by atoms with Crippen LogP contribution < -0.4 is 9.62 Å². The van der Waals surface area contributed by atoms with Gasteiger partial charge in [0.15, 0.2) is 11.6 Å². The lowest BCUT2D eigenvalue weighted by molar-refractivity contribution is -0.118. The van der Waals surface area contributed by atoms with E-state index in [1.54, 1.807) is 6.20 Å². The molecule has 2 N–H and O–H groups in total. The monoisotopic (exact) mass is 546 g/mol. The van der Waals surface area contributed by atoms with Crippen LogP contribution in [0.1, 0.15) is 38.5 Å². The molecule has 2 aromatic heterocycles. The zero-order valence-corrected chi connectivity index (χ0v) is 21.4. The normalized spacial score (nSPS) is 24.7. The molecule has 3 aromatic rings. The summed E-state index contributed by atoms with van der Waals surface area (Å²) in [6.07, 6.45) is 6.58. The molecule has 0 unspecified atom stereocenters. The van der Waals surface area contributed by atoms with Gasteiger partial charge < -0.3 is 14.6 Å². The van der Waals surface area contributed by atoms with Crippen molar-refractivity contribution in [2.75, 3.05) is 24.5 Å². The van der Waals surface area contributed by atoms with Crippen LogP contribution in [0.15, 0.2) is 30.5 Å². The molecule has 4 heterocycles. The molecule has 1 aliphatic carbocycles. The molecular weight excluding hydrogens is 518 g/mol. The maximum atomic E-state index is 13.5. The number of carbonyl (C=O) groups is 1. The minimum absolute atomic E-state index is 0.0930. The van der Waals surface area contributed by atoms with Gasteiger partial charge in [0.05, 0.1) is 29.8 Å². The molecule has 1 amide bonds. The Bertz CT molecular complexity index is 1410. The number of pyridine rings is 1. The Balaban J connectivity index is 0.999. The lowest BCUT2D eigenvalue weighted by atomic mass is 9.92. The Kier molecular flexibility index (Phi) is 6.52. The molecule has 1 saturated carbocycles. The summed E-state index contributed by atoms with van der Waals surface area (Å²) in [6.45, 7) is 1.51. The molecule has 6 rings (SSSR count). The van der Waals surface area contributed by atoms with Gasteiger partial charge in [-0.15, -0.1) is 0 Å². The van der Waals surface area contributed by atoms with Gasteiger partial charge >= 0.3 is 10.2 Å². The quantitative estimate of drug-likeness (QED) is 0.505. The number of hydrogen-bond donors (Lipinski definition) is 2. The van der Waals surface area contributed by atoms with Gasteiger partial charge in [-0.25, -0.2) is 23.5 Å². The molecule has 1 aromatic carbocycles. The van der Waals surface area contributed by atoms with Crippen LogP contribution in [0.4, 0.5) is 14.6 Å². The van der Waals surface area contributed by atoms with Gasteiger partial charge in [0.25, 0.3) is 0 Å². The first kappa shape index (κ1) is 25.1. The van der Waals surface area contributed by atoms with Crippen molar-refractivity contribution < 1.29 is 26.7 Å². The van der Waals surface area contributed by atoms with E-state index in [9.17, 15) is 22.0 Å². The number of nitrogens with one attached hydrogen (secondary N) is 2. The predicted octanol–water partition coefficient (Wildman–Crippen LogP) is 2.88. The van der Waals surface area contributed by atoms with Crippen molar-refractivity contribution in [1.82, 2.24) is 24.0 Å². The van der Waals surface area contributed by atoms with Crippen molar-refractivity contribution in [3.05, 3.63) is 42.1 Å². The maximum absolute atomic E-state index is 13.5. The number of amides is 1. The zero-order chi connectivity index (χ0) is 26.4. The van der Waals surface area contributed by atoms with E-state index in [0.29, 0.717) is 29.7 Å². The third-order valence-corrected chi connectivity index (χ3v) is 9.13. The number of hydrogen-bond acceptors (Lipinski definition) is 7.